The van der Waals surface area contributed by atoms with Crippen molar-refractivity contribution in [3.05, 3.63) is 77.8 Å². The average molecular weight is 506 g/mol. The smallest absolute Gasteiger partial charge is 0.162 e. The number of aryl methyl sites for hydroxylation is 1. The Kier molecular flexibility index (Phi) is 13.8. The Labute approximate surface area is 225 Å². The number of pyridine rings is 1. The van der Waals surface area contributed by atoms with Crippen LogP contribution in [0.1, 0.15) is 93.9 Å². The van der Waals surface area contributed by atoms with Crippen LogP contribution in [-0.2, 0) is 5.41 Å². The van der Waals surface area contributed by atoms with Crippen LogP contribution in [0, 0.1) is 6.92 Å². The van der Waals surface area contributed by atoms with E-state index in [1.165, 1.54) is 30.4 Å². The second-order valence-corrected chi connectivity index (χ2v) is 9.57. The fraction of sp³-hybridized carbons (Fsp3) is 0.469. The number of anilines is 1. The number of aliphatic hydroxyl groups is 1. The molecule has 0 spiro atoms. The third kappa shape index (κ3) is 9.73. The van der Waals surface area contributed by atoms with Crippen molar-refractivity contribution >= 4 is 22.8 Å². The van der Waals surface area contributed by atoms with E-state index in [0.29, 0.717) is 18.3 Å². The molecule has 3 rings (SSSR count). The van der Waals surface area contributed by atoms with Crippen molar-refractivity contribution in [2.45, 2.75) is 79.1 Å². The minimum atomic E-state index is 0.0851. The number of benzene rings is 1. The molecular formula is C32H47N3O2. The van der Waals surface area contributed by atoms with Gasteiger partial charge in [0.1, 0.15) is 0 Å². The third-order valence-corrected chi connectivity index (χ3v) is 6.45. The maximum absolute atomic E-state index is 11.9. The standard InChI is InChI=1S/C16H22O2.C14H19N3.C2H6/c1-3-16(8-9-16)14-7-6-13(11-12(14)2)15(18)5-4-10-17;1-6-12(10-16-11(2)3)14-9-13(17(4)5)7-8-15-14;1-2/h6-7,11,17H,3-5,8-10H2,1-2H3;6-10H,1H2,2-5H3;1-2H3/b;12-10+;. The van der Waals surface area contributed by atoms with Crippen molar-refractivity contribution in [3.8, 4) is 0 Å². The molecule has 1 aliphatic carbocycles. The molecule has 1 aliphatic rings. The molecule has 2 aromatic rings. The van der Waals surface area contributed by atoms with Crippen LogP contribution in [0.25, 0.3) is 5.57 Å². The van der Waals surface area contributed by atoms with E-state index in [-0.39, 0.29) is 12.4 Å². The number of aliphatic hydroxyl groups excluding tert-OH is 1. The molecule has 0 radical (unpaired) electrons. The van der Waals surface area contributed by atoms with Crippen LogP contribution >= 0.6 is 0 Å². The molecule has 1 heterocycles. The van der Waals surface area contributed by atoms with E-state index >= 15 is 0 Å². The van der Waals surface area contributed by atoms with Gasteiger partial charge in [0.15, 0.2) is 5.78 Å². The maximum Gasteiger partial charge on any atom is 0.162 e. The number of rotatable bonds is 10. The predicted molar refractivity (Wildman–Crippen MR) is 160 cm³/mol. The molecule has 0 bridgehead atoms. The summed E-state index contributed by atoms with van der Waals surface area (Å²) in [6, 6.07) is 10.1. The van der Waals surface area contributed by atoms with Crippen LogP contribution in [0.4, 0.5) is 5.69 Å². The van der Waals surface area contributed by atoms with Crippen molar-refractivity contribution < 1.29 is 9.90 Å². The van der Waals surface area contributed by atoms with Crippen LogP contribution < -0.4 is 4.90 Å². The van der Waals surface area contributed by atoms with E-state index in [0.717, 1.165) is 28.2 Å². The number of hydrogen-bond donors (Lipinski definition) is 1. The Morgan fingerprint density at radius 2 is 1.86 bits per heavy atom. The Balaban J connectivity index is 0.000000348. The third-order valence-electron chi connectivity index (χ3n) is 6.45. The van der Waals surface area contributed by atoms with E-state index in [1.54, 1.807) is 18.5 Å². The summed E-state index contributed by atoms with van der Waals surface area (Å²) in [7, 11) is 4.01. The van der Waals surface area contributed by atoms with Gasteiger partial charge in [-0.3, -0.25) is 14.8 Å². The number of allylic oxidation sites excluding steroid dienone is 2. The molecule has 202 valence electrons. The lowest BCUT2D eigenvalue weighted by Crippen LogP contribution is -2.09. The van der Waals surface area contributed by atoms with Crippen molar-refractivity contribution in [1.29, 1.82) is 0 Å². The van der Waals surface area contributed by atoms with E-state index in [9.17, 15) is 4.79 Å². The summed E-state index contributed by atoms with van der Waals surface area (Å²) in [5, 5.41) is 8.76. The summed E-state index contributed by atoms with van der Waals surface area (Å²) in [5.41, 5.74) is 7.78. The molecule has 1 aromatic carbocycles. The number of nitrogens with zero attached hydrogens (tertiary/aromatic N) is 3. The quantitative estimate of drug-likeness (QED) is 0.205. The number of ketones is 1. The van der Waals surface area contributed by atoms with Crippen LogP contribution in [0.15, 0.2) is 60.4 Å². The zero-order valence-corrected chi connectivity index (χ0v) is 24.3. The van der Waals surface area contributed by atoms with Crippen LogP contribution in [0.2, 0.25) is 0 Å². The molecule has 1 N–H and O–H groups in total. The van der Waals surface area contributed by atoms with Crippen molar-refractivity contribution in [2.24, 2.45) is 4.99 Å². The van der Waals surface area contributed by atoms with Gasteiger partial charge in [0, 0.05) is 62.1 Å². The van der Waals surface area contributed by atoms with Gasteiger partial charge in [0.25, 0.3) is 0 Å². The Bertz CT molecular complexity index is 1080. The molecule has 37 heavy (non-hydrogen) atoms. The van der Waals surface area contributed by atoms with Crippen LogP contribution in [0.3, 0.4) is 0 Å². The van der Waals surface area contributed by atoms with E-state index in [2.05, 4.69) is 36.5 Å². The highest BCUT2D eigenvalue weighted by Crippen LogP contribution is 2.51. The molecule has 0 aliphatic heterocycles. The van der Waals surface area contributed by atoms with Crippen molar-refractivity contribution in [1.82, 2.24) is 4.98 Å². The summed E-state index contributed by atoms with van der Waals surface area (Å²) in [6.07, 6.45) is 10.1. The van der Waals surface area contributed by atoms with Gasteiger partial charge in [0.05, 0.1) is 5.69 Å². The number of aliphatic imine (C=N–C) groups is 1. The zero-order chi connectivity index (χ0) is 28.0. The average Bonchev–Trinajstić information content (AvgIpc) is 3.70. The molecule has 1 aromatic heterocycles. The lowest BCUT2D eigenvalue weighted by atomic mass is 9.88. The van der Waals surface area contributed by atoms with E-state index in [4.69, 9.17) is 5.11 Å². The molecule has 5 heteroatoms. The number of carbonyl (C=O) groups excluding carboxylic acids is 1. The first-order valence-electron chi connectivity index (χ1n) is 13.4. The van der Waals surface area contributed by atoms with Crippen LogP contribution in [0.5, 0.6) is 0 Å². The fourth-order valence-electron chi connectivity index (χ4n) is 4.06. The van der Waals surface area contributed by atoms with Crippen molar-refractivity contribution in [2.75, 3.05) is 25.6 Å². The lowest BCUT2D eigenvalue weighted by molar-refractivity contribution is 0.0971. The van der Waals surface area contributed by atoms with Gasteiger partial charge in [-0.2, -0.15) is 0 Å². The molecule has 0 atom stereocenters. The molecule has 5 nitrogen and oxygen atoms in total. The first kappa shape index (κ1) is 32.0. The maximum atomic E-state index is 11.9. The van der Waals surface area contributed by atoms with Gasteiger partial charge < -0.3 is 10.0 Å². The van der Waals surface area contributed by atoms with Gasteiger partial charge in [-0.25, -0.2) is 0 Å². The fourth-order valence-corrected chi connectivity index (χ4v) is 4.06. The second-order valence-electron chi connectivity index (χ2n) is 9.57. The number of aromatic nitrogens is 1. The summed E-state index contributed by atoms with van der Waals surface area (Å²) in [4.78, 5) is 22.5. The normalized spacial score (nSPS) is 13.3. The first-order chi connectivity index (χ1) is 17.7. The Hall–Kier alpha value is -3.05. The topological polar surface area (TPSA) is 65.8 Å². The molecular weight excluding hydrogens is 458 g/mol. The summed E-state index contributed by atoms with van der Waals surface area (Å²) < 4.78 is 0. The lowest BCUT2D eigenvalue weighted by Gasteiger charge is -2.16. The zero-order valence-electron chi connectivity index (χ0n) is 24.3. The van der Waals surface area contributed by atoms with E-state index in [1.807, 2.05) is 71.0 Å². The van der Waals surface area contributed by atoms with Gasteiger partial charge in [-0.15, -0.1) is 0 Å². The molecule has 0 unspecified atom stereocenters. The largest absolute Gasteiger partial charge is 0.396 e. The number of Topliss-reactive ketones (excluding diaryl/α,β-unsaturated/α-hetero) is 1. The highest BCUT2D eigenvalue weighted by molar-refractivity contribution is 5.96. The first-order valence-corrected chi connectivity index (χ1v) is 13.4. The second kappa shape index (κ2) is 15.9. The highest BCUT2D eigenvalue weighted by Gasteiger charge is 2.43. The van der Waals surface area contributed by atoms with Gasteiger partial charge >= 0.3 is 0 Å². The van der Waals surface area contributed by atoms with Crippen molar-refractivity contribution in [3.63, 3.8) is 0 Å². The van der Waals surface area contributed by atoms with Gasteiger partial charge in [-0.1, -0.05) is 45.6 Å². The van der Waals surface area contributed by atoms with Gasteiger partial charge in [-0.05, 0) is 81.2 Å². The summed E-state index contributed by atoms with van der Waals surface area (Å²) in [6.45, 7) is 16.2. The Morgan fingerprint density at radius 1 is 1.19 bits per heavy atom. The predicted octanol–water partition coefficient (Wildman–Crippen LogP) is 7.57. The molecule has 0 saturated heterocycles. The Morgan fingerprint density at radius 3 is 2.35 bits per heavy atom. The van der Waals surface area contributed by atoms with E-state index < -0.39 is 0 Å². The minimum absolute atomic E-state index is 0.0851. The monoisotopic (exact) mass is 505 g/mol. The molecule has 1 fully saturated rings. The number of hydrogen-bond acceptors (Lipinski definition) is 5. The summed E-state index contributed by atoms with van der Waals surface area (Å²) in [5.74, 6) is 0.139. The number of carbonyl (C=O) groups is 1. The molecule has 0 amide bonds. The SMILES string of the molecule is C=C/C(=C\N=C(C)C)c1cc(N(C)C)ccn1.CC.CCC1(c2ccc(C(=O)CCCO)cc2C)CC1. The van der Waals surface area contributed by atoms with Gasteiger partial charge in [0.2, 0.25) is 0 Å². The summed E-state index contributed by atoms with van der Waals surface area (Å²) >= 11 is 0. The minimum Gasteiger partial charge on any atom is -0.396 e. The van der Waals surface area contributed by atoms with Crippen LogP contribution in [-0.4, -0.2) is 42.3 Å². The highest BCUT2D eigenvalue weighted by atomic mass is 16.3. The molecule has 1 saturated carbocycles.